The van der Waals surface area contributed by atoms with Crippen molar-refractivity contribution in [3.63, 3.8) is 0 Å². The van der Waals surface area contributed by atoms with Crippen molar-refractivity contribution < 1.29 is 14.2 Å². The van der Waals surface area contributed by atoms with E-state index in [0.717, 1.165) is 17.0 Å². The molecule has 0 unspecified atom stereocenters. The van der Waals surface area contributed by atoms with Crippen LogP contribution in [0.2, 0.25) is 0 Å². The molecule has 2 aromatic rings. The van der Waals surface area contributed by atoms with Gasteiger partial charge in [-0.1, -0.05) is 12.1 Å². The minimum Gasteiger partial charge on any atom is -0.497 e. The molecule has 1 aromatic heterocycles. The topological polar surface area (TPSA) is 66.6 Å². The van der Waals surface area contributed by atoms with Gasteiger partial charge >= 0.3 is 0 Å². The Labute approximate surface area is 124 Å². The van der Waals surface area contributed by atoms with E-state index in [4.69, 9.17) is 19.9 Å². The molecule has 2 rings (SSSR count). The standard InChI is InChI=1S/C16H20N2O3/c1-19-16-4-2-3-13(9-16)11-20-7-8-21-12-15-10-14(17)5-6-18-15/h2-6,9-10H,7-8,11-12H2,1H3,(H2,17,18). The summed E-state index contributed by atoms with van der Waals surface area (Å²) in [6.45, 7) is 2.02. The van der Waals surface area contributed by atoms with Crippen molar-refractivity contribution in [1.29, 1.82) is 0 Å². The molecule has 0 amide bonds. The zero-order chi connectivity index (χ0) is 14.9. The first-order valence-corrected chi connectivity index (χ1v) is 6.77. The minimum absolute atomic E-state index is 0.438. The van der Waals surface area contributed by atoms with Gasteiger partial charge in [0.05, 0.1) is 39.2 Å². The Morgan fingerprint density at radius 1 is 1.05 bits per heavy atom. The van der Waals surface area contributed by atoms with Gasteiger partial charge in [-0.3, -0.25) is 4.98 Å². The fourth-order valence-corrected chi connectivity index (χ4v) is 1.82. The Balaban J connectivity index is 1.61. The molecule has 1 aromatic carbocycles. The van der Waals surface area contributed by atoms with Crippen LogP contribution in [0, 0.1) is 0 Å². The lowest BCUT2D eigenvalue weighted by Gasteiger charge is -2.07. The second-order valence-corrected chi connectivity index (χ2v) is 4.54. The molecule has 21 heavy (non-hydrogen) atoms. The molecule has 0 saturated heterocycles. The summed E-state index contributed by atoms with van der Waals surface area (Å²) < 4.78 is 16.2. The molecule has 5 heteroatoms. The summed E-state index contributed by atoms with van der Waals surface area (Å²) in [5, 5.41) is 0. The first-order valence-electron chi connectivity index (χ1n) is 6.77. The lowest BCUT2D eigenvalue weighted by Crippen LogP contribution is -2.05. The maximum Gasteiger partial charge on any atom is 0.119 e. The third kappa shape index (κ3) is 5.41. The van der Waals surface area contributed by atoms with Gasteiger partial charge in [-0.15, -0.1) is 0 Å². The average Bonchev–Trinajstić information content (AvgIpc) is 2.51. The van der Waals surface area contributed by atoms with Crippen LogP contribution in [0.5, 0.6) is 5.75 Å². The smallest absolute Gasteiger partial charge is 0.119 e. The third-order valence-corrected chi connectivity index (χ3v) is 2.87. The Morgan fingerprint density at radius 3 is 2.62 bits per heavy atom. The van der Waals surface area contributed by atoms with E-state index in [0.29, 0.717) is 32.1 Å². The second-order valence-electron chi connectivity index (χ2n) is 4.54. The molecule has 0 aliphatic carbocycles. The fraction of sp³-hybridized carbons (Fsp3) is 0.312. The second kappa shape index (κ2) is 8.24. The number of benzene rings is 1. The Bertz CT molecular complexity index is 561. The van der Waals surface area contributed by atoms with Crippen molar-refractivity contribution in [2.75, 3.05) is 26.1 Å². The lowest BCUT2D eigenvalue weighted by molar-refractivity contribution is 0.0328. The fourth-order valence-electron chi connectivity index (χ4n) is 1.82. The van der Waals surface area contributed by atoms with E-state index in [1.165, 1.54) is 0 Å². The van der Waals surface area contributed by atoms with Crippen LogP contribution >= 0.6 is 0 Å². The van der Waals surface area contributed by atoms with Gasteiger partial charge in [0.1, 0.15) is 5.75 Å². The molecule has 2 N–H and O–H groups in total. The lowest BCUT2D eigenvalue weighted by atomic mass is 10.2. The Morgan fingerprint density at radius 2 is 1.86 bits per heavy atom. The molecule has 1 heterocycles. The third-order valence-electron chi connectivity index (χ3n) is 2.87. The number of ether oxygens (including phenoxy) is 3. The predicted octanol–water partition coefficient (Wildman–Crippen LogP) is 2.41. The van der Waals surface area contributed by atoms with Gasteiger partial charge in [0.15, 0.2) is 0 Å². The van der Waals surface area contributed by atoms with E-state index in [1.807, 2.05) is 24.3 Å². The number of rotatable bonds is 8. The Hall–Kier alpha value is -2.11. The van der Waals surface area contributed by atoms with Gasteiger partial charge in [0.25, 0.3) is 0 Å². The summed E-state index contributed by atoms with van der Waals surface area (Å²) in [5.41, 5.74) is 8.26. The van der Waals surface area contributed by atoms with Gasteiger partial charge in [-0.2, -0.15) is 0 Å². The largest absolute Gasteiger partial charge is 0.497 e. The SMILES string of the molecule is COc1cccc(COCCOCc2cc(N)ccn2)c1. The van der Waals surface area contributed by atoms with Crippen LogP contribution in [0.25, 0.3) is 0 Å². The number of hydrogen-bond donors (Lipinski definition) is 1. The van der Waals surface area contributed by atoms with Crippen LogP contribution in [-0.2, 0) is 22.7 Å². The van der Waals surface area contributed by atoms with Gasteiger partial charge in [-0.05, 0) is 29.8 Å². The van der Waals surface area contributed by atoms with Gasteiger partial charge < -0.3 is 19.9 Å². The number of nitrogens with zero attached hydrogens (tertiary/aromatic N) is 1. The molecule has 0 atom stereocenters. The number of pyridine rings is 1. The zero-order valence-electron chi connectivity index (χ0n) is 12.1. The highest BCUT2D eigenvalue weighted by atomic mass is 16.5. The molecule has 0 fully saturated rings. The average molecular weight is 288 g/mol. The van der Waals surface area contributed by atoms with Gasteiger partial charge in [0.2, 0.25) is 0 Å². The van der Waals surface area contributed by atoms with Crippen molar-refractivity contribution in [1.82, 2.24) is 4.98 Å². The normalized spacial score (nSPS) is 10.5. The minimum atomic E-state index is 0.438. The number of methoxy groups -OCH3 is 1. The van der Waals surface area contributed by atoms with Gasteiger partial charge in [-0.25, -0.2) is 0 Å². The summed E-state index contributed by atoms with van der Waals surface area (Å²) >= 11 is 0. The molecule has 0 aliphatic rings. The Kier molecular flexibility index (Phi) is 5.99. The van der Waals surface area contributed by atoms with E-state index in [2.05, 4.69) is 4.98 Å². The summed E-state index contributed by atoms with van der Waals surface area (Å²) in [4.78, 5) is 4.16. The van der Waals surface area contributed by atoms with Crippen molar-refractivity contribution in [2.24, 2.45) is 0 Å². The highest BCUT2D eigenvalue weighted by Crippen LogP contribution is 2.13. The van der Waals surface area contributed by atoms with Crippen molar-refractivity contribution in [2.45, 2.75) is 13.2 Å². The summed E-state index contributed by atoms with van der Waals surface area (Å²) in [6, 6.07) is 11.4. The van der Waals surface area contributed by atoms with Crippen LogP contribution < -0.4 is 10.5 Å². The van der Waals surface area contributed by atoms with Crippen LogP contribution in [0.3, 0.4) is 0 Å². The van der Waals surface area contributed by atoms with E-state index in [9.17, 15) is 0 Å². The number of aromatic nitrogens is 1. The molecule has 0 saturated carbocycles. The van der Waals surface area contributed by atoms with Crippen LogP contribution in [0.1, 0.15) is 11.3 Å². The monoisotopic (exact) mass is 288 g/mol. The van der Waals surface area contributed by atoms with Crippen molar-refractivity contribution >= 4 is 5.69 Å². The maximum atomic E-state index is 5.67. The van der Waals surface area contributed by atoms with Crippen LogP contribution in [-0.4, -0.2) is 25.3 Å². The molecular weight excluding hydrogens is 268 g/mol. The quantitative estimate of drug-likeness (QED) is 0.756. The molecule has 0 radical (unpaired) electrons. The summed E-state index contributed by atoms with van der Waals surface area (Å²) in [6.07, 6.45) is 1.67. The van der Waals surface area contributed by atoms with Crippen LogP contribution in [0.4, 0.5) is 5.69 Å². The van der Waals surface area contributed by atoms with Gasteiger partial charge in [0, 0.05) is 11.9 Å². The van der Waals surface area contributed by atoms with E-state index < -0.39 is 0 Å². The first-order chi connectivity index (χ1) is 10.3. The van der Waals surface area contributed by atoms with Crippen molar-refractivity contribution in [3.8, 4) is 5.75 Å². The molecule has 0 aliphatic heterocycles. The number of hydrogen-bond acceptors (Lipinski definition) is 5. The molecule has 0 spiro atoms. The van der Waals surface area contributed by atoms with E-state index in [1.54, 1.807) is 25.4 Å². The van der Waals surface area contributed by atoms with Crippen LogP contribution in [0.15, 0.2) is 42.6 Å². The number of nitrogen functional groups attached to an aromatic ring is 1. The highest BCUT2D eigenvalue weighted by molar-refractivity contribution is 5.36. The highest BCUT2D eigenvalue weighted by Gasteiger charge is 1.98. The molecule has 0 bridgehead atoms. The number of anilines is 1. The maximum absolute atomic E-state index is 5.67. The van der Waals surface area contributed by atoms with E-state index in [-0.39, 0.29) is 0 Å². The summed E-state index contributed by atoms with van der Waals surface area (Å²) in [7, 11) is 1.65. The zero-order valence-corrected chi connectivity index (χ0v) is 12.1. The van der Waals surface area contributed by atoms with Crippen molar-refractivity contribution in [3.05, 3.63) is 53.9 Å². The molecular formula is C16H20N2O3. The van der Waals surface area contributed by atoms with E-state index >= 15 is 0 Å². The molecule has 5 nitrogen and oxygen atoms in total. The molecule has 112 valence electrons. The summed E-state index contributed by atoms with van der Waals surface area (Å²) in [5.74, 6) is 0.833. The predicted molar refractivity (Wildman–Crippen MR) is 81.0 cm³/mol. The number of nitrogens with two attached hydrogens (primary N) is 1. The first kappa shape index (κ1) is 15.3.